The second kappa shape index (κ2) is 5.08. The zero-order chi connectivity index (χ0) is 18.0. The Morgan fingerprint density at radius 1 is 0.519 bits per heavy atom. The maximum absolute atomic E-state index is 4.09. The van der Waals surface area contributed by atoms with Crippen LogP contribution < -0.4 is 0 Å². The van der Waals surface area contributed by atoms with E-state index in [4.69, 9.17) is 0 Å². The molecule has 6 rings (SSSR count). The van der Waals surface area contributed by atoms with Crippen LogP contribution in [-0.2, 0) is 5.41 Å². The van der Waals surface area contributed by atoms with Gasteiger partial charge in [-0.3, -0.25) is 0 Å². The molecule has 0 unspecified atom stereocenters. The summed E-state index contributed by atoms with van der Waals surface area (Å²) in [7, 11) is 0. The highest BCUT2D eigenvalue weighted by molar-refractivity contribution is 5.97. The minimum Gasteiger partial charge on any atom is -0.0984 e. The van der Waals surface area contributed by atoms with Gasteiger partial charge in [0.1, 0.15) is 0 Å². The van der Waals surface area contributed by atoms with E-state index in [1.54, 1.807) is 0 Å². The highest BCUT2D eigenvalue weighted by Gasteiger charge is 2.51. The second-order valence-electron chi connectivity index (χ2n) is 7.36. The Hall–Kier alpha value is -3.38. The molecule has 1 spiro atoms. The molecule has 0 heteroatoms. The van der Waals surface area contributed by atoms with Crippen molar-refractivity contribution < 1.29 is 0 Å². The maximum atomic E-state index is 4.09. The monoisotopic (exact) mass is 342 g/mol. The van der Waals surface area contributed by atoms with Crippen LogP contribution in [0.4, 0.5) is 0 Å². The lowest BCUT2D eigenvalue weighted by Gasteiger charge is -2.30. The van der Waals surface area contributed by atoms with Crippen LogP contribution in [-0.4, -0.2) is 0 Å². The number of hydrogen-bond acceptors (Lipinski definition) is 0. The number of benzene rings is 4. The van der Waals surface area contributed by atoms with Gasteiger partial charge in [0.25, 0.3) is 0 Å². The van der Waals surface area contributed by atoms with Crippen molar-refractivity contribution in [1.29, 1.82) is 0 Å². The van der Waals surface area contributed by atoms with Gasteiger partial charge in [-0.05, 0) is 50.1 Å². The fourth-order valence-electron chi connectivity index (χ4n) is 5.34. The van der Waals surface area contributed by atoms with Crippen LogP contribution in [0.5, 0.6) is 0 Å². The Morgan fingerprint density at radius 2 is 1.00 bits per heavy atom. The molecule has 4 aromatic rings. The van der Waals surface area contributed by atoms with Gasteiger partial charge >= 0.3 is 0 Å². The molecule has 0 bridgehead atoms. The molecular weight excluding hydrogens is 324 g/mol. The Morgan fingerprint density at radius 3 is 1.59 bits per heavy atom. The van der Waals surface area contributed by atoms with Gasteiger partial charge < -0.3 is 0 Å². The normalized spacial score (nSPS) is 14.4. The topological polar surface area (TPSA) is 0 Å². The molecule has 0 nitrogen and oxygen atoms in total. The fourth-order valence-corrected chi connectivity index (χ4v) is 5.34. The largest absolute Gasteiger partial charge is 0.0984 e. The molecule has 0 fully saturated rings. The van der Waals surface area contributed by atoms with E-state index < -0.39 is 0 Å². The van der Waals surface area contributed by atoms with Crippen LogP contribution in [0, 0.1) is 0 Å². The summed E-state index contributed by atoms with van der Waals surface area (Å²) >= 11 is 0. The summed E-state index contributed by atoms with van der Waals surface area (Å²) in [6, 6.07) is 33.3. The Bertz CT molecular complexity index is 1200. The van der Waals surface area contributed by atoms with Crippen molar-refractivity contribution in [3.8, 4) is 22.3 Å². The number of hydrogen-bond donors (Lipinski definition) is 0. The molecule has 0 radical (unpaired) electrons. The van der Waals surface area contributed by atoms with Gasteiger partial charge in [-0.15, -0.1) is 0 Å². The zero-order valence-electron chi connectivity index (χ0n) is 14.9. The minimum absolute atomic E-state index is 0.238. The fraction of sp³-hybridized carbons (Fsp3) is 0.0370. The van der Waals surface area contributed by atoms with Crippen molar-refractivity contribution in [2.75, 3.05) is 0 Å². The lowest BCUT2D eigenvalue weighted by atomic mass is 9.70. The number of fused-ring (bicyclic) bond motifs is 10. The van der Waals surface area contributed by atoms with Gasteiger partial charge in [0.05, 0.1) is 5.41 Å². The molecule has 2 aliphatic carbocycles. The van der Waals surface area contributed by atoms with Gasteiger partial charge in [-0.25, -0.2) is 0 Å². The van der Waals surface area contributed by atoms with Gasteiger partial charge in [-0.1, -0.05) is 104 Å². The third kappa shape index (κ3) is 1.60. The second-order valence-corrected chi connectivity index (χ2v) is 7.36. The van der Waals surface area contributed by atoms with Crippen LogP contribution in [0.15, 0.2) is 97.6 Å². The van der Waals surface area contributed by atoms with Crippen LogP contribution in [0.3, 0.4) is 0 Å². The van der Waals surface area contributed by atoms with Crippen molar-refractivity contribution in [3.05, 3.63) is 125 Å². The summed E-state index contributed by atoms with van der Waals surface area (Å²) in [6.45, 7) is 4.09. The first-order valence-electron chi connectivity index (χ1n) is 9.42. The molecule has 4 aromatic carbocycles. The first-order chi connectivity index (χ1) is 13.4. The van der Waals surface area contributed by atoms with Crippen molar-refractivity contribution >= 4 is 6.08 Å². The molecule has 0 saturated heterocycles. The first kappa shape index (κ1) is 14.8. The van der Waals surface area contributed by atoms with Gasteiger partial charge in [0, 0.05) is 0 Å². The third-order valence-corrected chi connectivity index (χ3v) is 6.27. The van der Waals surface area contributed by atoms with E-state index in [9.17, 15) is 0 Å². The van der Waals surface area contributed by atoms with Crippen LogP contribution in [0.1, 0.15) is 27.8 Å². The average Bonchev–Trinajstić information content (AvgIpc) is 3.21. The minimum atomic E-state index is -0.238. The summed E-state index contributed by atoms with van der Waals surface area (Å²) in [4.78, 5) is 0. The van der Waals surface area contributed by atoms with Gasteiger partial charge in [-0.2, -0.15) is 0 Å². The van der Waals surface area contributed by atoms with Gasteiger partial charge in [0.2, 0.25) is 0 Å². The summed E-state index contributed by atoms with van der Waals surface area (Å²) in [5.74, 6) is 0. The molecule has 0 amide bonds. The first-order valence-corrected chi connectivity index (χ1v) is 9.42. The molecule has 0 aromatic heterocycles. The molecule has 0 heterocycles. The summed E-state index contributed by atoms with van der Waals surface area (Å²) in [5, 5.41) is 0. The summed E-state index contributed by atoms with van der Waals surface area (Å²) in [5.41, 5.74) is 11.8. The van der Waals surface area contributed by atoms with Gasteiger partial charge in [0.15, 0.2) is 0 Å². The van der Waals surface area contributed by atoms with Crippen molar-refractivity contribution in [1.82, 2.24) is 0 Å². The van der Waals surface area contributed by atoms with Crippen LogP contribution in [0.25, 0.3) is 28.3 Å². The summed E-state index contributed by atoms with van der Waals surface area (Å²) in [6.07, 6.45) is 1.99. The predicted molar refractivity (Wildman–Crippen MR) is 113 cm³/mol. The highest BCUT2D eigenvalue weighted by Crippen LogP contribution is 2.63. The van der Waals surface area contributed by atoms with E-state index in [1.165, 1.54) is 50.1 Å². The molecule has 27 heavy (non-hydrogen) atoms. The van der Waals surface area contributed by atoms with Crippen molar-refractivity contribution in [2.45, 2.75) is 5.41 Å². The molecule has 0 aliphatic heterocycles. The molecule has 126 valence electrons. The maximum Gasteiger partial charge on any atom is 0.0725 e. The third-order valence-electron chi connectivity index (χ3n) is 6.27. The molecular formula is C27H18. The van der Waals surface area contributed by atoms with E-state index in [0.29, 0.717) is 0 Å². The smallest absolute Gasteiger partial charge is 0.0725 e. The molecule has 0 atom stereocenters. The van der Waals surface area contributed by atoms with Crippen molar-refractivity contribution in [3.63, 3.8) is 0 Å². The van der Waals surface area contributed by atoms with E-state index in [-0.39, 0.29) is 5.41 Å². The standard InChI is InChI=1S/C27H18/c1-2-18-10-9-17-25-26(18)21-13-5-8-16-24(21)27(25)22-14-6-3-11-19(22)20-12-4-7-15-23(20)27/h2-17H,1H2. The van der Waals surface area contributed by atoms with E-state index in [2.05, 4.69) is 97.6 Å². The predicted octanol–water partition coefficient (Wildman–Crippen LogP) is 6.67. The van der Waals surface area contributed by atoms with Crippen molar-refractivity contribution in [2.24, 2.45) is 0 Å². The van der Waals surface area contributed by atoms with E-state index >= 15 is 0 Å². The Labute approximate surface area is 159 Å². The Kier molecular flexibility index (Phi) is 2.78. The number of rotatable bonds is 1. The molecule has 0 N–H and O–H groups in total. The average molecular weight is 342 g/mol. The quantitative estimate of drug-likeness (QED) is 0.313. The highest BCUT2D eigenvalue weighted by atomic mass is 14.5. The molecule has 2 aliphatic rings. The molecule has 0 saturated carbocycles. The van der Waals surface area contributed by atoms with Crippen LogP contribution >= 0.6 is 0 Å². The lowest BCUT2D eigenvalue weighted by Crippen LogP contribution is -2.25. The Balaban J connectivity index is 1.89. The van der Waals surface area contributed by atoms with E-state index in [0.717, 1.165) is 0 Å². The van der Waals surface area contributed by atoms with E-state index in [1.807, 2.05) is 6.08 Å². The lowest BCUT2D eigenvalue weighted by molar-refractivity contribution is 0.793. The SMILES string of the molecule is C=Cc1cccc2c1-c1ccccc1C21c2ccccc2-c2ccccc21. The van der Waals surface area contributed by atoms with Crippen LogP contribution in [0.2, 0.25) is 0 Å². The summed E-state index contributed by atoms with van der Waals surface area (Å²) < 4.78 is 0. The zero-order valence-corrected chi connectivity index (χ0v) is 14.9.